The average Bonchev–Trinajstić information content (AvgIpc) is 2.94. The van der Waals surface area contributed by atoms with E-state index in [4.69, 9.17) is 9.47 Å². The van der Waals surface area contributed by atoms with Crippen LogP contribution in [0.25, 0.3) is 0 Å². The summed E-state index contributed by atoms with van der Waals surface area (Å²) < 4.78 is 69.3. The quantitative estimate of drug-likeness (QED) is 0.254. The minimum Gasteiger partial charge on any atom is -0.491 e. The van der Waals surface area contributed by atoms with Crippen molar-refractivity contribution < 1.29 is 36.9 Å². The van der Waals surface area contributed by atoms with Gasteiger partial charge in [0.15, 0.2) is 23.2 Å². The van der Waals surface area contributed by atoms with Crippen molar-refractivity contribution in [1.29, 1.82) is 0 Å². The molecule has 8 heteroatoms. The molecule has 0 aliphatic heterocycles. The number of aliphatic hydroxyl groups is 1. The van der Waals surface area contributed by atoms with Gasteiger partial charge in [0.1, 0.15) is 6.10 Å². The zero-order valence-electron chi connectivity index (χ0n) is 22.7. The Hall–Kier alpha value is -2.61. The van der Waals surface area contributed by atoms with Crippen molar-refractivity contribution in [2.24, 2.45) is 5.92 Å². The molecule has 1 N–H and O–H groups in total. The van der Waals surface area contributed by atoms with Gasteiger partial charge in [0.05, 0.1) is 18.6 Å². The van der Waals surface area contributed by atoms with E-state index < -0.39 is 29.4 Å². The second kappa shape index (κ2) is 13.2. The Morgan fingerprint density at radius 3 is 1.97 bits per heavy atom. The van der Waals surface area contributed by atoms with Crippen LogP contribution in [0.5, 0.6) is 5.75 Å². The summed E-state index contributed by atoms with van der Waals surface area (Å²) in [5, 5.41) is 10.1. The Kier molecular flexibility index (Phi) is 9.91. The number of ether oxygens (including phenoxy) is 2. The number of rotatable bonds is 9. The molecule has 39 heavy (non-hydrogen) atoms. The molecule has 2 aliphatic rings. The minimum absolute atomic E-state index is 0.00849. The van der Waals surface area contributed by atoms with Gasteiger partial charge in [-0.1, -0.05) is 31.5 Å². The third-order valence-corrected chi connectivity index (χ3v) is 8.34. The van der Waals surface area contributed by atoms with Crippen molar-refractivity contribution >= 4 is 5.97 Å². The number of esters is 1. The SMILES string of the molecule is CCCC(O)c1ccc(C2CCC(OC(=O)C3CCC(c4ccc(OCC)c(F)c4F)CC3)CC2)c(F)c1F. The van der Waals surface area contributed by atoms with Gasteiger partial charge < -0.3 is 14.6 Å². The van der Waals surface area contributed by atoms with Crippen LogP contribution >= 0.6 is 0 Å². The van der Waals surface area contributed by atoms with E-state index in [-0.39, 0.29) is 47.7 Å². The Labute approximate surface area is 227 Å². The summed E-state index contributed by atoms with van der Waals surface area (Å²) in [6.07, 6.45) is 4.18. The molecule has 2 fully saturated rings. The lowest BCUT2D eigenvalue weighted by molar-refractivity contribution is -0.157. The predicted molar refractivity (Wildman–Crippen MR) is 140 cm³/mol. The summed E-state index contributed by atoms with van der Waals surface area (Å²) in [5.41, 5.74) is 0.615. The summed E-state index contributed by atoms with van der Waals surface area (Å²) in [6.45, 7) is 3.82. The number of hydrogen-bond donors (Lipinski definition) is 1. The maximum atomic E-state index is 14.8. The van der Waals surface area contributed by atoms with Gasteiger partial charge in [0.2, 0.25) is 5.82 Å². The van der Waals surface area contributed by atoms with Crippen LogP contribution in [0.3, 0.4) is 0 Å². The summed E-state index contributed by atoms with van der Waals surface area (Å²) in [4.78, 5) is 12.8. The molecule has 0 amide bonds. The van der Waals surface area contributed by atoms with Crippen LogP contribution in [0.15, 0.2) is 24.3 Å². The molecule has 2 aromatic rings. The highest BCUT2D eigenvalue weighted by molar-refractivity contribution is 5.72. The smallest absolute Gasteiger partial charge is 0.309 e. The average molecular weight is 551 g/mol. The fraction of sp³-hybridized carbons (Fsp3) is 0.581. The second-order valence-corrected chi connectivity index (χ2v) is 10.8. The number of hydrogen-bond acceptors (Lipinski definition) is 4. The van der Waals surface area contributed by atoms with Crippen molar-refractivity contribution in [1.82, 2.24) is 0 Å². The van der Waals surface area contributed by atoms with Crippen molar-refractivity contribution in [2.45, 2.75) is 102 Å². The van der Waals surface area contributed by atoms with Gasteiger partial charge >= 0.3 is 5.97 Å². The number of aliphatic hydroxyl groups excluding tert-OH is 1. The monoisotopic (exact) mass is 550 g/mol. The molecule has 214 valence electrons. The normalized spacial score (nSPS) is 24.3. The standard InChI is InChI=1S/C31H38F4O4/c1-3-5-25(36)24-15-14-22(27(32)29(24)34)19-10-12-21(13-11-19)39-31(37)20-8-6-18(7-9-20)23-16-17-26(38-4-2)30(35)28(23)33/h14-21,25,36H,3-13H2,1-2H3. The van der Waals surface area contributed by atoms with Gasteiger partial charge in [-0.25, -0.2) is 13.2 Å². The molecule has 2 aromatic carbocycles. The van der Waals surface area contributed by atoms with Gasteiger partial charge in [0, 0.05) is 5.56 Å². The highest BCUT2D eigenvalue weighted by Gasteiger charge is 2.33. The molecule has 2 saturated carbocycles. The van der Waals surface area contributed by atoms with Gasteiger partial charge in [0.25, 0.3) is 0 Å². The zero-order chi connectivity index (χ0) is 28.1. The third-order valence-electron chi connectivity index (χ3n) is 8.34. The van der Waals surface area contributed by atoms with E-state index in [9.17, 15) is 27.5 Å². The van der Waals surface area contributed by atoms with Crippen LogP contribution in [0.4, 0.5) is 17.6 Å². The summed E-state index contributed by atoms with van der Waals surface area (Å²) in [5.74, 6) is -4.74. The number of benzene rings is 2. The maximum Gasteiger partial charge on any atom is 0.309 e. The fourth-order valence-corrected chi connectivity index (χ4v) is 6.10. The first kappa shape index (κ1) is 29.4. The summed E-state index contributed by atoms with van der Waals surface area (Å²) >= 11 is 0. The van der Waals surface area contributed by atoms with E-state index in [0.717, 1.165) is 0 Å². The second-order valence-electron chi connectivity index (χ2n) is 10.8. The Bertz CT molecular complexity index is 1140. The predicted octanol–water partition coefficient (Wildman–Crippen LogP) is 8.02. The molecule has 4 nitrogen and oxygen atoms in total. The lowest BCUT2D eigenvalue weighted by atomic mass is 9.78. The van der Waals surface area contributed by atoms with Crippen LogP contribution in [0.1, 0.15) is 113 Å². The molecule has 0 radical (unpaired) electrons. The molecule has 2 aliphatic carbocycles. The Morgan fingerprint density at radius 1 is 0.821 bits per heavy atom. The first-order chi connectivity index (χ1) is 18.7. The summed E-state index contributed by atoms with van der Waals surface area (Å²) in [6, 6.07) is 6.07. The molecule has 1 unspecified atom stereocenters. The maximum absolute atomic E-state index is 14.8. The van der Waals surface area contributed by atoms with Gasteiger partial charge in [-0.05, 0) is 93.7 Å². The number of carbonyl (C=O) groups is 1. The van der Waals surface area contributed by atoms with Crippen LogP contribution in [-0.2, 0) is 9.53 Å². The first-order valence-electron chi connectivity index (χ1n) is 14.2. The van der Waals surface area contributed by atoms with Crippen LogP contribution < -0.4 is 4.74 Å². The Balaban J connectivity index is 1.27. The van der Waals surface area contributed by atoms with E-state index in [1.807, 2.05) is 6.92 Å². The minimum atomic E-state index is -1.02. The third kappa shape index (κ3) is 6.59. The van der Waals surface area contributed by atoms with Crippen molar-refractivity contribution in [3.05, 3.63) is 64.2 Å². The lowest BCUT2D eigenvalue weighted by Gasteiger charge is -2.32. The number of halogens is 4. The van der Waals surface area contributed by atoms with Crippen LogP contribution in [0.2, 0.25) is 0 Å². The molecule has 0 spiro atoms. The molecule has 0 bridgehead atoms. The molecule has 0 aromatic heterocycles. The molecule has 1 atom stereocenters. The highest BCUT2D eigenvalue weighted by atomic mass is 19.2. The topological polar surface area (TPSA) is 55.8 Å². The first-order valence-corrected chi connectivity index (χ1v) is 14.2. The Morgan fingerprint density at radius 2 is 1.38 bits per heavy atom. The van der Waals surface area contributed by atoms with E-state index in [1.165, 1.54) is 12.1 Å². The van der Waals surface area contributed by atoms with Gasteiger partial charge in [-0.3, -0.25) is 4.79 Å². The number of carbonyl (C=O) groups excluding carboxylic acids is 1. The molecular formula is C31H38F4O4. The van der Waals surface area contributed by atoms with Gasteiger partial charge in [-0.2, -0.15) is 4.39 Å². The molecular weight excluding hydrogens is 512 g/mol. The molecule has 0 saturated heterocycles. The van der Waals surface area contributed by atoms with Crippen LogP contribution in [-0.4, -0.2) is 23.8 Å². The highest BCUT2D eigenvalue weighted by Crippen LogP contribution is 2.41. The molecule has 4 rings (SSSR count). The fourth-order valence-electron chi connectivity index (χ4n) is 6.10. The van der Waals surface area contributed by atoms with Crippen molar-refractivity contribution in [3.63, 3.8) is 0 Å². The van der Waals surface area contributed by atoms with Gasteiger partial charge in [-0.15, -0.1) is 0 Å². The largest absolute Gasteiger partial charge is 0.491 e. The summed E-state index contributed by atoms with van der Waals surface area (Å²) in [7, 11) is 0. The van der Waals surface area contributed by atoms with Crippen molar-refractivity contribution in [2.75, 3.05) is 6.61 Å². The van der Waals surface area contributed by atoms with E-state index >= 15 is 0 Å². The van der Waals surface area contributed by atoms with E-state index in [0.29, 0.717) is 75.3 Å². The molecule has 0 heterocycles. The van der Waals surface area contributed by atoms with E-state index in [2.05, 4.69) is 0 Å². The van der Waals surface area contributed by atoms with E-state index in [1.54, 1.807) is 19.1 Å². The van der Waals surface area contributed by atoms with Crippen LogP contribution in [0, 0.1) is 29.2 Å². The lowest BCUT2D eigenvalue weighted by Crippen LogP contribution is -2.30. The zero-order valence-corrected chi connectivity index (χ0v) is 22.7. The van der Waals surface area contributed by atoms with Crippen molar-refractivity contribution in [3.8, 4) is 5.75 Å².